The van der Waals surface area contributed by atoms with Gasteiger partial charge in [0.1, 0.15) is 11.2 Å². The van der Waals surface area contributed by atoms with E-state index in [1.807, 2.05) is 31.2 Å². The Balaban J connectivity index is 1.59. The second kappa shape index (κ2) is 8.01. The Labute approximate surface area is 164 Å². The molecule has 6 heteroatoms. The van der Waals surface area contributed by atoms with Crippen molar-refractivity contribution in [3.05, 3.63) is 58.6 Å². The molecule has 2 amide bonds. The molecule has 2 N–H and O–H groups in total. The van der Waals surface area contributed by atoms with Crippen LogP contribution < -0.4 is 15.4 Å². The highest BCUT2D eigenvalue weighted by Gasteiger charge is 2.56. The SMILES string of the molecule is COc1ccccc1CCNC(=O)C1(C(=O)Nc2cccc(Cl)c2C)CC1. The summed E-state index contributed by atoms with van der Waals surface area (Å²) in [6.45, 7) is 2.29. The second-order valence-electron chi connectivity index (χ2n) is 6.77. The van der Waals surface area contributed by atoms with Gasteiger partial charge < -0.3 is 15.4 Å². The number of carbonyl (C=O) groups is 2. The van der Waals surface area contributed by atoms with E-state index in [1.54, 1.807) is 25.3 Å². The largest absolute Gasteiger partial charge is 0.496 e. The third kappa shape index (κ3) is 4.08. The van der Waals surface area contributed by atoms with Crippen molar-refractivity contribution < 1.29 is 14.3 Å². The van der Waals surface area contributed by atoms with Crippen LogP contribution in [0.2, 0.25) is 5.02 Å². The molecule has 27 heavy (non-hydrogen) atoms. The van der Waals surface area contributed by atoms with E-state index in [9.17, 15) is 9.59 Å². The molecular weight excluding hydrogens is 364 g/mol. The third-order valence-corrected chi connectivity index (χ3v) is 5.42. The molecule has 0 aromatic heterocycles. The van der Waals surface area contributed by atoms with E-state index >= 15 is 0 Å². The minimum absolute atomic E-state index is 0.227. The topological polar surface area (TPSA) is 67.4 Å². The Morgan fingerprint density at radius 2 is 1.85 bits per heavy atom. The summed E-state index contributed by atoms with van der Waals surface area (Å²) in [5.74, 6) is 0.291. The van der Waals surface area contributed by atoms with Crippen molar-refractivity contribution in [1.82, 2.24) is 5.32 Å². The number of hydrogen-bond acceptors (Lipinski definition) is 3. The average Bonchev–Trinajstić information content (AvgIpc) is 3.48. The molecule has 0 radical (unpaired) electrons. The van der Waals surface area contributed by atoms with E-state index in [1.165, 1.54) is 0 Å². The molecule has 3 rings (SSSR count). The Kier molecular flexibility index (Phi) is 5.71. The number of benzene rings is 2. The second-order valence-corrected chi connectivity index (χ2v) is 7.17. The van der Waals surface area contributed by atoms with Crippen LogP contribution in [0.3, 0.4) is 0 Å². The molecule has 2 aromatic rings. The fourth-order valence-electron chi connectivity index (χ4n) is 3.06. The van der Waals surface area contributed by atoms with Crippen LogP contribution in [0, 0.1) is 12.3 Å². The van der Waals surface area contributed by atoms with E-state index in [2.05, 4.69) is 10.6 Å². The van der Waals surface area contributed by atoms with Crippen molar-refractivity contribution in [2.45, 2.75) is 26.2 Å². The molecule has 0 atom stereocenters. The molecule has 1 fully saturated rings. The van der Waals surface area contributed by atoms with Crippen molar-refractivity contribution in [2.24, 2.45) is 5.41 Å². The fraction of sp³-hybridized carbons (Fsp3) is 0.333. The molecule has 142 valence electrons. The number of anilines is 1. The molecule has 2 aromatic carbocycles. The number of hydrogen-bond donors (Lipinski definition) is 2. The summed E-state index contributed by atoms with van der Waals surface area (Å²) >= 11 is 6.10. The molecule has 0 heterocycles. The van der Waals surface area contributed by atoms with E-state index in [4.69, 9.17) is 16.3 Å². The van der Waals surface area contributed by atoms with Crippen LogP contribution in [0.15, 0.2) is 42.5 Å². The Hall–Kier alpha value is -2.53. The lowest BCUT2D eigenvalue weighted by Gasteiger charge is -2.17. The minimum Gasteiger partial charge on any atom is -0.496 e. The molecule has 0 bridgehead atoms. The van der Waals surface area contributed by atoms with Crippen molar-refractivity contribution >= 4 is 29.1 Å². The van der Waals surface area contributed by atoms with Gasteiger partial charge in [-0.15, -0.1) is 0 Å². The molecule has 0 saturated heterocycles. The third-order valence-electron chi connectivity index (χ3n) is 5.01. The van der Waals surface area contributed by atoms with Gasteiger partial charge >= 0.3 is 0 Å². The van der Waals surface area contributed by atoms with Crippen LogP contribution in [0.5, 0.6) is 5.75 Å². The normalized spacial score (nSPS) is 14.3. The van der Waals surface area contributed by atoms with E-state index in [0.29, 0.717) is 36.5 Å². The summed E-state index contributed by atoms with van der Waals surface area (Å²) in [7, 11) is 1.62. The average molecular weight is 387 g/mol. The lowest BCUT2D eigenvalue weighted by molar-refractivity contribution is -0.134. The molecule has 0 aliphatic heterocycles. The first kappa shape index (κ1) is 19.2. The van der Waals surface area contributed by atoms with Crippen LogP contribution in [-0.2, 0) is 16.0 Å². The molecule has 1 aliphatic carbocycles. The van der Waals surface area contributed by atoms with Gasteiger partial charge in [-0.1, -0.05) is 35.9 Å². The highest BCUT2D eigenvalue weighted by molar-refractivity contribution is 6.31. The first-order chi connectivity index (χ1) is 13.0. The predicted molar refractivity (Wildman–Crippen MR) is 106 cm³/mol. The Morgan fingerprint density at radius 3 is 2.56 bits per heavy atom. The van der Waals surface area contributed by atoms with Gasteiger partial charge in [0, 0.05) is 17.3 Å². The van der Waals surface area contributed by atoms with Crippen molar-refractivity contribution in [3.8, 4) is 5.75 Å². The summed E-state index contributed by atoms with van der Waals surface area (Å²) in [6.07, 6.45) is 1.75. The van der Waals surface area contributed by atoms with E-state index < -0.39 is 5.41 Å². The standard InChI is InChI=1S/C21H23ClN2O3/c1-14-16(22)7-5-8-17(14)24-20(26)21(11-12-21)19(25)23-13-10-15-6-3-4-9-18(15)27-2/h3-9H,10-13H2,1-2H3,(H,23,25)(H,24,26). The maximum atomic E-state index is 12.7. The van der Waals surface area contributed by atoms with Gasteiger partial charge in [-0.2, -0.15) is 0 Å². The molecule has 1 aliphatic rings. The smallest absolute Gasteiger partial charge is 0.240 e. The van der Waals surface area contributed by atoms with E-state index in [0.717, 1.165) is 16.9 Å². The molecule has 5 nitrogen and oxygen atoms in total. The zero-order chi connectivity index (χ0) is 19.4. The van der Waals surface area contributed by atoms with Crippen LogP contribution in [0.1, 0.15) is 24.0 Å². The Morgan fingerprint density at radius 1 is 1.11 bits per heavy atom. The predicted octanol–water partition coefficient (Wildman–Crippen LogP) is 3.73. The van der Waals surface area contributed by atoms with Gasteiger partial charge in [-0.3, -0.25) is 9.59 Å². The summed E-state index contributed by atoms with van der Waals surface area (Å²) in [5, 5.41) is 6.34. The van der Waals surface area contributed by atoms with Gasteiger partial charge in [0.2, 0.25) is 11.8 Å². The number of halogens is 1. The first-order valence-electron chi connectivity index (χ1n) is 8.95. The number of nitrogens with one attached hydrogen (secondary N) is 2. The van der Waals surface area contributed by atoms with Crippen molar-refractivity contribution in [1.29, 1.82) is 0 Å². The summed E-state index contributed by atoms with van der Waals surface area (Å²) < 4.78 is 5.32. The lowest BCUT2D eigenvalue weighted by Crippen LogP contribution is -2.40. The minimum atomic E-state index is -0.977. The molecule has 1 saturated carbocycles. The van der Waals surface area contributed by atoms with Gasteiger partial charge in [0.15, 0.2) is 0 Å². The highest BCUT2D eigenvalue weighted by Crippen LogP contribution is 2.47. The quantitative estimate of drug-likeness (QED) is 0.712. The van der Waals surface area contributed by atoms with Crippen LogP contribution in [0.25, 0.3) is 0 Å². The molecule has 0 spiro atoms. The maximum Gasteiger partial charge on any atom is 0.240 e. The number of carbonyl (C=O) groups excluding carboxylic acids is 2. The lowest BCUT2D eigenvalue weighted by atomic mass is 10.0. The van der Waals surface area contributed by atoms with Gasteiger partial charge in [-0.05, 0) is 55.5 Å². The number of ether oxygens (including phenoxy) is 1. The highest BCUT2D eigenvalue weighted by atomic mass is 35.5. The van der Waals surface area contributed by atoms with Crippen molar-refractivity contribution in [3.63, 3.8) is 0 Å². The van der Waals surface area contributed by atoms with Gasteiger partial charge in [0.05, 0.1) is 7.11 Å². The number of methoxy groups -OCH3 is 1. The summed E-state index contributed by atoms with van der Waals surface area (Å²) in [6, 6.07) is 13.0. The van der Waals surface area contributed by atoms with Crippen LogP contribution in [0.4, 0.5) is 5.69 Å². The number of para-hydroxylation sites is 1. The molecular formula is C21H23ClN2O3. The van der Waals surface area contributed by atoms with Crippen LogP contribution >= 0.6 is 11.6 Å². The number of amides is 2. The van der Waals surface area contributed by atoms with Crippen molar-refractivity contribution in [2.75, 3.05) is 19.0 Å². The van der Waals surface area contributed by atoms with Gasteiger partial charge in [-0.25, -0.2) is 0 Å². The van der Waals surface area contributed by atoms with Gasteiger partial charge in [0.25, 0.3) is 0 Å². The zero-order valence-electron chi connectivity index (χ0n) is 15.5. The monoisotopic (exact) mass is 386 g/mol. The first-order valence-corrected chi connectivity index (χ1v) is 9.32. The molecule has 0 unspecified atom stereocenters. The summed E-state index contributed by atoms with van der Waals surface area (Å²) in [5.41, 5.74) is 1.47. The Bertz CT molecular complexity index is 862. The maximum absolute atomic E-state index is 12.7. The fourth-order valence-corrected chi connectivity index (χ4v) is 3.23. The van der Waals surface area contributed by atoms with Crippen LogP contribution in [-0.4, -0.2) is 25.5 Å². The summed E-state index contributed by atoms with van der Waals surface area (Å²) in [4.78, 5) is 25.3. The zero-order valence-corrected chi connectivity index (χ0v) is 16.2. The van der Waals surface area contributed by atoms with E-state index in [-0.39, 0.29) is 11.8 Å². The number of rotatable bonds is 7.